The van der Waals surface area contributed by atoms with Crippen molar-refractivity contribution in [1.82, 2.24) is 24.3 Å². The average Bonchev–Trinajstić information content (AvgIpc) is 3.16. The summed E-state index contributed by atoms with van der Waals surface area (Å²) in [5.41, 5.74) is 2.89. The Morgan fingerprint density at radius 3 is 2.86 bits per heavy atom. The van der Waals surface area contributed by atoms with Crippen LogP contribution in [-0.4, -0.2) is 24.3 Å². The van der Waals surface area contributed by atoms with E-state index in [2.05, 4.69) is 25.8 Å². The van der Waals surface area contributed by atoms with Crippen LogP contribution in [0.1, 0.15) is 43.8 Å². The Balaban J connectivity index is 1.65. The Bertz CT molecular complexity index is 785. The summed E-state index contributed by atoms with van der Waals surface area (Å²) in [4.78, 5) is 8.79. The zero-order valence-electron chi connectivity index (χ0n) is 12.3. The molecule has 22 heavy (non-hydrogen) atoms. The van der Waals surface area contributed by atoms with Crippen molar-refractivity contribution in [3.05, 3.63) is 41.6 Å². The van der Waals surface area contributed by atoms with Gasteiger partial charge in [0.05, 0.1) is 24.6 Å². The van der Waals surface area contributed by atoms with Crippen LogP contribution in [0.15, 0.2) is 30.7 Å². The Labute approximate surface area is 133 Å². The number of hydrogen-bond acceptors (Lipinski definition) is 3. The van der Waals surface area contributed by atoms with E-state index in [1.54, 1.807) is 6.07 Å². The van der Waals surface area contributed by atoms with Gasteiger partial charge >= 0.3 is 0 Å². The normalized spacial score (nSPS) is 16.4. The molecule has 0 spiro atoms. The van der Waals surface area contributed by atoms with Crippen LogP contribution in [0.3, 0.4) is 0 Å². The molecular weight excluding hydrogens is 298 g/mol. The molecule has 1 aliphatic rings. The minimum atomic E-state index is 0.495. The maximum Gasteiger partial charge on any atom is 0.161 e. The number of imidazole rings is 1. The molecule has 3 aromatic heterocycles. The molecule has 5 nitrogen and oxygen atoms in total. The lowest BCUT2D eigenvalue weighted by atomic mass is 9.95. The molecule has 0 amide bonds. The molecule has 0 bridgehead atoms. The minimum absolute atomic E-state index is 0.495. The standard InChI is InChI=1S/C16H18ClN5/c17-15-7-6-14-16(20-15)21(11-18-14)10-13-8-9-19-22(13)12-4-2-1-3-5-12/h6-9,11-12H,1-5,10H2. The highest BCUT2D eigenvalue weighted by molar-refractivity contribution is 6.29. The van der Waals surface area contributed by atoms with Crippen molar-refractivity contribution in [2.75, 3.05) is 0 Å². The molecule has 3 aromatic rings. The Kier molecular flexibility index (Phi) is 3.58. The summed E-state index contributed by atoms with van der Waals surface area (Å²) in [6.07, 6.45) is 10.1. The smallest absolute Gasteiger partial charge is 0.161 e. The predicted molar refractivity (Wildman–Crippen MR) is 86.0 cm³/mol. The van der Waals surface area contributed by atoms with Gasteiger partial charge in [0.25, 0.3) is 0 Å². The lowest BCUT2D eigenvalue weighted by molar-refractivity contribution is 0.321. The number of pyridine rings is 1. The molecule has 0 N–H and O–H groups in total. The van der Waals surface area contributed by atoms with Crippen molar-refractivity contribution in [3.63, 3.8) is 0 Å². The molecule has 0 atom stereocenters. The molecule has 6 heteroatoms. The average molecular weight is 316 g/mol. The van der Waals surface area contributed by atoms with Gasteiger partial charge < -0.3 is 4.57 Å². The molecule has 4 rings (SSSR count). The van der Waals surface area contributed by atoms with Crippen molar-refractivity contribution in [3.8, 4) is 0 Å². The fourth-order valence-corrected chi connectivity index (χ4v) is 3.47. The molecule has 0 aliphatic heterocycles. The molecule has 114 valence electrons. The quantitative estimate of drug-likeness (QED) is 0.690. The van der Waals surface area contributed by atoms with Crippen molar-refractivity contribution in [2.45, 2.75) is 44.7 Å². The van der Waals surface area contributed by atoms with Crippen molar-refractivity contribution in [1.29, 1.82) is 0 Å². The van der Waals surface area contributed by atoms with E-state index >= 15 is 0 Å². The van der Waals surface area contributed by atoms with Gasteiger partial charge in [-0.2, -0.15) is 5.10 Å². The second-order valence-electron chi connectivity index (χ2n) is 5.91. The van der Waals surface area contributed by atoms with E-state index in [0.29, 0.717) is 11.2 Å². The second kappa shape index (κ2) is 5.72. The highest BCUT2D eigenvalue weighted by atomic mass is 35.5. The topological polar surface area (TPSA) is 48.5 Å². The maximum absolute atomic E-state index is 6.01. The summed E-state index contributed by atoms with van der Waals surface area (Å²) in [5.74, 6) is 0. The lowest BCUT2D eigenvalue weighted by Gasteiger charge is -2.24. The van der Waals surface area contributed by atoms with Crippen molar-refractivity contribution >= 4 is 22.8 Å². The summed E-state index contributed by atoms with van der Waals surface area (Å²) in [6.45, 7) is 0.723. The van der Waals surface area contributed by atoms with E-state index in [1.807, 2.05) is 23.2 Å². The Hall–Kier alpha value is -1.88. The van der Waals surface area contributed by atoms with Crippen LogP contribution < -0.4 is 0 Å². The first-order valence-electron chi connectivity index (χ1n) is 7.81. The van der Waals surface area contributed by atoms with Gasteiger partial charge in [0, 0.05) is 6.20 Å². The van der Waals surface area contributed by atoms with E-state index in [4.69, 9.17) is 11.6 Å². The number of fused-ring (bicyclic) bond motifs is 1. The summed E-state index contributed by atoms with van der Waals surface area (Å²) in [6, 6.07) is 6.29. The zero-order valence-corrected chi connectivity index (χ0v) is 13.1. The Morgan fingerprint density at radius 1 is 1.14 bits per heavy atom. The molecule has 0 saturated heterocycles. The number of halogens is 1. The van der Waals surface area contributed by atoms with Gasteiger partial charge in [-0.25, -0.2) is 9.97 Å². The largest absolute Gasteiger partial charge is 0.309 e. The maximum atomic E-state index is 6.01. The first kappa shape index (κ1) is 13.8. The van der Waals surface area contributed by atoms with E-state index < -0.39 is 0 Å². The van der Waals surface area contributed by atoms with Gasteiger partial charge in [-0.3, -0.25) is 4.68 Å². The van der Waals surface area contributed by atoms with Gasteiger partial charge in [-0.05, 0) is 31.0 Å². The van der Waals surface area contributed by atoms with Crippen LogP contribution in [0.2, 0.25) is 5.15 Å². The van der Waals surface area contributed by atoms with Crippen LogP contribution in [-0.2, 0) is 6.54 Å². The molecule has 0 unspecified atom stereocenters. The highest BCUT2D eigenvalue weighted by Crippen LogP contribution is 2.29. The third-order valence-corrected chi connectivity index (χ3v) is 4.64. The van der Waals surface area contributed by atoms with Gasteiger partial charge in [0.2, 0.25) is 0 Å². The molecule has 1 fully saturated rings. The molecule has 1 saturated carbocycles. The van der Waals surface area contributed by atoms with Crippen LogP contribution in [0.25, 0.3) is 11.2 Å². The summed E-state index contributed by atoms with van der Waals surface area (Å²) in [5, 5.41) is 5.05. The monoisotopic (exact) mass is 315 g/mol. The van der Waals surface area contributed by atoms with Gasteiger partial charge in [-0.1, -0.05) is 30.9 Å². The van der Waals surface area contributed by atoms with Gasteiger partial charge in [0.1, 0.15) is 10.7 Å². The Morgan fingerprint density at radius 2 is 2.00 bits per heavy atom. The second-order valence-corrected chi connectivity index (χ2v) is 6.30. The number of nitrogens with zero attached hydrogens (tertiary/aromatic N) is 5. The number of aromatic nitrogens is 5. The number of hydrogen-bond donors (Lipinski definition) is 0. The summed E-state index contributed by atoms with van der Waals surface area (Å²) in [7, 11) is 0. The fraction of sp³-hybridized carbons (Fsp3) is 0.438. The molecule has 0 radical (unpaired) electrons. The van der Waals surface area contributed by atoms with Crippen LogP contribution >= 0.6 is 11.6 Å². The lowest BCUT2D eigenvalue weighted by Crippen LogP contribution is -2.17. The molecule has 1 aliphatic carbocycles. The summed E-state index contributed by atoms with van der Waals surface area (Å²) < 4.78 is 4.23. The fourth-order valence-electron chi connectivity index (χ4n) is 3.33. The van der Waals surface area contributed by atoms with Crippen molar-refractivity contribution in [2.24, 2.45) is 0 Å². The van der Waals surface area contributed by atoms with Gasteiger partial charge in [-0.15, -0.1) is 0 Å². The molecule has 0 aromatic carbocycles. The molecule has 3 heterocycles. The first-order chi connectivity index (χ1) is 10.8. The van der Waals surface area contributed by atoms with E-state index in [-0.39, 0.29) is 0 Å². The highest BCUT2D eigenvalue weighted by Gasteiger charge is 2.18. The predicted octanol–water partition coefficient (Wildman–Crippen LogP) is 3.83. The molecular formula is C16H18ClN5. The third-order valence-electron chi connectivity index (χ3n) is 4.43. The van der Waals surface area contributed by atoms with Crippen LogP contribution in [0, 0.1) is 0 Å². The van der Waals surface area contributed by atoms with E-state index in [0.717, 1.165) is 17.7 Å². The van der Waals surface area contributed by atoms with Crippen LogP contribution in [0.4, 0.5) is 0 Å². The SMILES string of the molecule is Clc1ccc2ncn(Cc3ccnn3C3CCCCC3)c2n1. The minimum Gasteiger partial charge on any atom is -0.309 e. The van der Waals surface area contributed by atoms with E-state index in [1.165, 1.54) is 37.8 Å². The van der Waals surface area contributed by atoms with E-state index in [9.17, 15) is 0 Å². The van der Waals surface area contributed by atoms with Crippen LogP contribution in [0.5, 0.6) is 0 Å². The van der Waals surface area contributed by atoms with Gasteiger partial charge in [0.15, 0.2) is 5.65 Å². The number of rotatable bonds is 3. The summed E-state index contributed by atoms with van der Waals surface area (Å²) >= 11 is 6.01. The first-order valence-corrected chi connectivity index (χ1v) is 8.19. The third kappa shape index (κ3) is 2.50. The zero-order chi connectivity index (χ0) is 14.9. The van der Waals surface area contributed by atoms with Crippen molar-refractivity contribution < 1.29 is 0 Å².